The number of esters is 1. The van der Waals surface area contributed by atoms with Gasteiger partial charge in [0.1, 0.15) is 6.61 Å². The highest BCUT2D eigenvalue weighted by atomic mass is 127. The van der Waals surface area contributed by atoms with Gasteiger partial charge in [0.2, 0.25) is 0 Å². The Bertz CT molecular complexity index is 388. The summed E-state index contributed by atoms with van der Waals surface area (Å²) in [5, 5.41) is 0. The van der Waals surface area contributed by atoms with Crippen LogP contribution in [0, 0.1) is 0 Å². The van der Waals surface area contributed by atoms with Gasteiger partial charge in [-0.15, -0.1) is 0 Å². The molecule has 0 aliphatic heterocycles. The quantitative estimate of drug-likeness (QED) is 0.200. The lowest BCUT2D eigenvalue weighted by Crippen LogP contribution is -2.03. The molecule has 0 aromatic heterocycles. The first-order valence-corrected chi connectivity index (χ1v) is 9.14. The normalized spacial score (nSPS) is 12.2. The highest BCUT2D eigenvalue weighted by Crippen LogP contribution is 2.13. The van der Waals surface area contributed by atoms with Gasteiger partial charge < -0.3 is 4.74 Å². The Hall–Kier alpha value is -0.580. The van der Waals surface area contributed by atoms with Crippen molar-refractivity contribution in [2.45, 2.75) is 59.8 Å². The first-order chi connectivity index (χ1) is 9.95. The van der Waals surface area contributed by atoms with E-state index in [1.165, 1.54) is 23.6 Å². The fourth-order valence-corrected chi connectivity index (χ4v) is 2.19. The minimum Gasteiger partial charge on any atom is -0.461 e. The lowest BCUT2D eigenvalue weighted by atomic mass is 10.1. The van der Waals surface area contributed by atoms with Crippen molar-refractivity contribution < 1.29 is 9.53 Å². The first-order valence-electron chi connectivity index (χ1n) is 7.62. The number of hydrogen-bond acceptors (Lipinski definition) is 2. The molecule has 120 valence electrons. The van der Waals surface area contributed by atoms with Gasteiger partial charge in [-0.05, 0) is 58.4 Å². The Morgan fingerprint density at radius 3 is 2.19 bits per heavy atom. The van der Waals surface area contributed by atoms with Crippen LogP contribution in [0.2, 0.25) is 0 Å². The second kappa shape index (κ2) is 13.1. The molecular weight excluding hydrogens is 375 g/mol. The van der Waals surface area contributed by atoms with Crippen molar-refractivity contribution in [2.75, 3.05) is 11.0 Å². The molecule has 2 nitrogen and oxygen atoms in total. The molecule has 0 unspecified atom stereocenters. The molecule has 0 bridgehead atoms. The molecule has 0 saturated carbocycles. The highest BCUT2D eigenvalue weighted by Gasteiger charge is 2.00. The van der Waals surface area contributed by atoms with E-state index in [1.54, 1.807) is 0 Å². The van der Waals surface area contributed by atoms with Crippen LogP contribution < -0.4 is 0 Å². The van der Waals surface area contributed by atoms with Gasteiger partial charge in [-0.1, -0.05) is 52.0 Å². The molecule has 0 heterocycles. The number of carbonyl (C=O) groups is 1. The summed E-state index contributed by atoms with van der Waals surface area (Å²) < 4.78 is 6.21. The van der Waals surface area contributed by atoms with E-state index in [0.29, 0.717) is 6.61 Å². The fourth-order valence-electron chi connectivity index (χ4n) is 1.88. The third-order valence-electron chi connectivity index (χ3n) is 3.05. The van der Waals surface area contributed by atoms with Gasteiger partial charge in [-0.3, -0.25) is 4.79 Å². The van der Waals surface area contributed by atoms with Gasteiger partial charge in [0.05, 0.1) is 0 Å². The lowest BCUT2D eigenvalue weighted by Gasteiger charge is -2.07. The molecule has 0 saturated heterocycles. The fraction of sp³-hybridized carbons (Fsp3) is 0.611. The summed E-state index contributed by atoms with van der Waals surface area (Å²) in [6.45, 7) is 8.37. The largest absolute Gasteiger partial charge is 0.461 e. The number of halogens is 1. The van der Waals surface area contributed by atoms with E-state index < -0.39 is 0 Å². The zero-order valence-electron chi connectivity index (χ0n) is 13.9. The van der Waals surface area contributed by atoms with Crippen molar-refractivity contribution in [3.63, 3.8) is 0 Å². The molecule has 0 aromatic carbocycles. The molecule has 3 heteroatoms. The van der Waals surface area contributed by atoms with E-state index in [4.69, 9.17) is 4.74 Å². The number of carbonyl (C=O) groups excluding carboxylic acids is 1. The summed E-state index contributed by atoms with van der Waals surface area (Å²) in [4.78, 5) is 10.9. The van der Waals surface area contributed by atoms with Crippen LogP contribution in [0.1, 0.15) is 59.8 Å². The van der Waals surface area contributed by atoms with Crippen LogP contribution in [0.4, 0.5) is 0 Å². The predicted octanol–water partition coefficient (Wildman–Crippen LogP) is 5.77. The Morgan fingerprint density at radius 2 is 1.62 bits per heavy atom. The van der Waals surface area contributed by atoms with Crippen LogP contribution in [0.15, 0.2) is 34.9 Å². The SMILES string of the molecule is CC(=O)OC/C(=C/CCI)CC/C=C(\C)CCC=C(C)C. The Labute approximate surface area is 143 Å². The predicted molar refractivity (Wildman–Crippen MR) is 99.9 cm³/mol. The van der Waals surface area contributed by atoms with Crippen LogP contribution in [0.25, 0.3) is 0 Å². The van der Waals surface area contributed by atoms with Crippen LogP contribution in [-0.2, 0) is 9.53 Å². The second-order valence-electron chi connectivity index (χ2n) is 5.53. The maximum Gasteiger partial charge on any atom is 0.302 e. The Morgan fingerprint density at radius 1 is 0.952 bits per heavy atom. The van der Waals surface area contributed by atoms with Gasteiger partial charge in [-0.25, -0.2) is 0 Å². The van der Waals surface area contributed by atoms with E-state index in [0.717, 1.165) is 36.5 Å². The third-order valence-corrected chi connectivity index (χ3v) is 3.68. The second-order valence-corrected chi connectivity index (χ2v) is 6.61. The number of rotatable bonds is 10. The van der Waals surface area contributed by atoms with E-state index in [9.17, 15) is 4.79 Å². The molecular formula is C18H29IO2. The Kier molecular flexibility index (Phi) is 12.7. The molecule has 0 aliphatic carbocycles. The molecule has 21 heavy (non-hydrogen) atoms. The van der Waals surface area contributed by atoms with Gasteiger partial charge >= 0.3 is 5.97 Å². The van der Waals surface area contributed by atoms with Gasteiger partial charge in [-0.2, -0.15) is 0 Å². The van der Waals surface area contributed by atoms with E-state index >= 15 is 0 Å². The summed E-state index contributed by atoms with van der Waals surface area (Å²) in [6.07, 6.45) is 12.1. The zero-order chi connectivity index (χ0) is 16.1. The van der Waals surface area contributed by atoms with E-state index in [2.05, 4.69) is 61.6 Å². The third kappa shape index (κ3) is 14.1. The van der Waals surface area contributed by atoms with Crippen molar-refractivity contribution in [1.82, 2.24) is 0 Å². The smallest absolute Gasteiger partial charge is 0.302 e. The minimum atomic E-state index is -0.205. The number of alkyl halides is 1. The summed E-state index contributed by atoms with van der Waals surface area (Å²) >= 11 is 2.36. The van der Waals surface area contributed by atoms with Gasteiger partial charge in [0, 0.05) is 11.4 Å². The molecule has 0 amide bonds. The maximum atomic E-state index is 10.9. The number of ether oxygens (including phenoxy) is 1. The molecule has 0 rings (SSSR count). The van der Waals surface area contributed by atoms with Crippen LogP contribution >= 0.6 is 22.6 Å². The molecule has 0 fully saturated rings. The van der Waals surface area contributed by atoms with E-state index in [-0.39, 0.29) is 5.97 Å². The van der Waals surface area contributed by atoms with Crippen molar-refractivity contribution in [3.8, 4) is 0 Å². The monoisotopic (exact) mass is 404 g/mol. The van der Waals surface area contributed by atoms with Crippen molar-refractivity contribution in [3.05, 3.63) is 34.9 Å². The van der Waals surface area contributed by atoms with Crippen LogP contribution in [0.3, 0.4) is 0 Å². The van der Waals surface area contributed by atoms with Crippen LogP contribution in [0.5, 0.6) is 0 Å². The summed E-state index contributed by atoms with van der Waals surface area (Å²) in [6, 6.07) is 0. The molecule has 0 aromatic rings. The number of hydrogen-bond donors (Lipinski definition) is 0. The maximum absolute atomic E-state index is 10.9. The summed E-state index contributed by atoms with van der Waals surface area (Å²) in [5.74, 6) is -0.205. The average molecular weight is 404 g/mol. The topological polar surface area (TPSA) is 26.3 Å². The molecule has 0 aliphatic rings. The molecule has 0 spiro atoms. The Balaban J connectivity index is 4.21. The number of allylic oxidation sites excluding steroid dienone is 5. The van der Waals surface area contributed by atoms with Gasteiger partial charge in [0.25, 0.3) is 0 Å². The minimum absolute atomic E-state index is 0.205. The zero-order valence-corrected chi connectivity index (χ0v) is 16.0. The summed E-state index contributed by atoms with van der Waals surface area (Å²) in [5.41, 5.74) is 4.05. The van der Waals surface area contributed by atoms with Gasteiger partial charge in [0.15, 0.2) is 0 Å². The van der Waals surface area contributed by atoms with Crippen molar-refractivity contribution in [2.24, 2.45) is 0 Å². The molecule has 0 N–H and O–H groups in total. The van der Waals surface area contributed by atoms with Crippen molar-refractivity contribution >= 4 is 28.6 Å². The lowest BCUT2D eigenvalue weighted by molar-refractivity contribution is -0.140. The van der Waals surface area contributed by atoms with E-state index in [1.807, 2.05) is 0 Å². The first kappa shape index (κ1) is 20.4. The molecule has 0 radical (unpaired) electrons. The standard InChI is InChI=1S/C18H29IO2/c1-15(2)8-5-9-16(3)10-6-11-18(12-7-13-19)14-21-17(4)20/h8,10,12H,5-7,9,11,13-14H2,1-4H3/b16-10+,18-12+. The van der Waals surface area contributed by atoms with Crippen LogP contribution in [-0.4, -0.2) is 17.0 Å². The average Bonchev–Trinajstić information content (AvgIpc) is 2.40. The summed E-state index contributed by atoms with van der Waals surface area (Å²) in [7, 11) is 0. The molecule has 0 atom stereocenters. The highest BCUT2D eigenvalue weighted by molar-refractivity contribution is 14.1. The van der Waals surface area contributed by atoms with Crippen molar-refractivity contribution in [1.29, 1.82) is 0 Å².